The molecule has 7 nitrogen and oxygen atoms in total. The molecule has 0 saturated carbocycles. The topological polar surface area (TPSA) is 101 Å². The second-order valence-corrected chi connectivity index (χ2v) is 10.3. The number of hydrogen-bond donors (Lipinski definition) is 1. The number of anilines is 2. The van der Waals surface area contributed by atoms with Gasteiger partial charge in [-0.15, -0.1) is 0 Å². The summed E-state index contributed by atoms with van der Waals surface area (Å²) in [6.07, 6.45) is -0.0765. The number of carbonyl (C=O) groups excluding carboxylic acids is 1. The first-order valence-corrected chi connectivity index (χ1v) is 11.4. The van der Waals surface area contributed by atoms with Crippen LogP contribution in [0.15, 0.2) is 51.8 Å². The van der Waals surface area contributed by atoms with Crippen molar-refractivity contribution in [3.63, 3.8) is 0 Å². The third kappa shape index (κ3) is 3.62. The highest BCUT2D eigenvalue weighted by molar-refractivity contribution is 9.10. The van der Waals surface area contributed by atoms with Gasteiger partial charge in [0.25, 0.3) is 10.0 Å². The van der Waals surface area contributed by atoms with E-state index in [2.05, 4.69) is 20.7 Å². The Balaban J connectivity index is 1.87. The van der Waals surface area contributed by atoms with Crippen LogP contribution in [-0.4, -0.2) is 28.5 Å². The average Bonchev–Trinajstić information content (AvgIpc) is 2.84. The monoisotopic (exact) mass is 458 g/mol. The molecule has 26 heavy (non-hydrogen) atoms. The molecule has 3 rings (SSSR count). The number of sulfonamides is 2. The average molecular weight is 459 g/mol. The van der Waals surface area contributed by atoms with Gasteiger partial charge in [-0.05, 0) is 55.0 Å². The van der Waals surface area contributed by atoms with Crippen LogP contribution in [-0.2, 0) is 24.8 Å². The van der Waals surface area contributed by atoms with Crippen LogP contribution in [0.3, 0.4) is 0 Å². The van der Waals surface area contributed by atoms with Crippen LogP contribution < -0.4 is 9.03 Å². The van der Waals surface area contributed by atoms with E-state index in [9.17, 15) is 21.6 Å². The number of nitrogens with one attached hydrogen (secondary N) is 1. The SMILES string of the molecule is Cc1cc(NS(=O)(=O)c2ccc(N3C(=O)CCS3(=O)=O)cc2)ccc1Br. The zero-order chi connectivity index (χ0) is 19.1. The van der Waals surface area contributed by atoms with Crippen molar-refractivity contribution in [1.82, 2.24) is 0 Å². The van der Waals surface area contributed by atoms with Gasteiger partial charge < -0.3 is 0 Å². The lowest BCUT2D eigenvalue weighted by Gasteiger charge is -2.15. The van der Waals surface area contributed by atoms with Crippen molar-refractivity contribution >= 4 is 53.3 Å². The van der Waals surface area contributed by atoms with Crippen LogP contribution in [0.25, 0.3) is 0 Å². The Morgan fingerprint density at radius 3 is 2.31 bits per heavy atom. The Labute approximate surface area is 160 Å². The van der Waals surface area contributed by atoms with Crippen LogP contribution in [0.1, 0.15) is 12.0 Å². The minimum absolute atomic E-state index is 0.0362. The number of rotatable bonds is 4. The molecule has 0 radical (unpaired) electrons. The van der Waals surface area contributed by atoms with Crippen molar-refractivity contribution < 1.29 is 21.6 Å². The molecule has 1 amide bonds. The first-order chi connectivity index (χ1) is 12.1. The highest BCUT2D eigenvalue weighted by atomic mass is 79.9. The smallest absolute Gasteiger partial charge is 0.261 e. The second kappa shape index (κ2) is 6.67. The Bertz CT molecular complexity index is 1080. The summed E-state index contributed by atoms with van der Waals surface area (Å²) < 4.78 is 52.9. The lowest BCUT2D eigenvalue weighted by atomic mass is 10.2. The molecule has 0 bridgehead atoms. The van der Waals surface area contributed by atoms with E-state index in [4.69, 9.17) is 0 Å². The first kappa shape index (κ1) is 18.9. The minimum atomic E-state index is -3.84. The van der Waals surface area contributed by atoms with Crippen LogP contribution in [0, 0.1) is 6.92 Å². The van der Waals surface area contributed by atoms with Crippen molar-refractivity contribution in [3.05, 3.63) is 52.5 Å². The maximum Gasteiger partial charge on any atom is 0.261 e. The largest absolute Gasteiger partial charge is 0.280 e. The molecule has 0 aromatic heterocycles. The van der Waals surface area contributed by atoms with E-state index in [-0.39, 0.29) is 22.8 Å². The molecule has 1 fully saturated rings. The highest BCUT2D eigenvalue weighted by Gasteiger charge is 2.36. The van der Waals surface area contributed by atoms with Gasteiger partial charge in [0.15, 0.2) is 0 Å². The summed E-state index contributed by atoms with van der Waals surface area (Å²) in [4.78, 5) is 11.7. The predicted octanol–water partition coefficient (Wildman–Crippen LogP) is 2.62. The van der Waals surface area contributed by atoms with Gasteiger partial charge in [-0.25, -0.2) is 21.1 Å². The number of amides is 1. The van der Waals surface area contributed by atoms with Gasteiger partial charge in [0.2, 0.25) is 15.9 Å². The molecule has 10 heteroatoms. The highest BCUT2D eigenvalue weighted by Crippen LogP contribution is 2.27. The van der Waals surface area contributed by atoms with Crippen molar-refractivity contribution in [2.75, 3.05) is 14.8 Å². The van der Waals surface area contributed by atoms with E-state index in [1.807, 2.05) is 6.92 Å². The summed E-state index contributed by atoms with van der Waals surface area (Å²) in [5.74, 6) is -0.764. The summed E-state index contributed by atoms with van der Waals surface area (Å²) in [6, 6.07) is 10.2. The molecule has 1 aliphatic heterocycles. The van der Waals surface area contributed by atoms with Gasteiger partial charge in [-0.3, -0.25) is 9.52 Å². The van der Waals surface area contributed by atoms with Gasteiger partial charge in [0.1, 0.15) is 0 Å². The molecule has 1 N–H and O–H groups in total. The number of hydrogen-bond acceptors (Lipinski definition) is 5. The summed E-state index contributed by atoms with van der Waals surface area (Å²) in [5, 5.41) is 0. The van der Waals surface area contributed by atoms with E-state index >= 15 is 0 Å². The lowest BCUT2D eigenvalue weighted by Crippen LogP contribution is -2.29. The van der Waals surface area contributed by atoms with E-state index in [1.54, 1.807) is 18.2 Å². The minimum Gasteiger partial charge on any atom is -0.280 e. The molecule has 2 aromatic rings. The Kier molecular flexibility index (Phi) is 4.84. The fraction of sp³-hybridized carbons (Fsp3) is 0.188. The van der Waals surface area contributed by atoms with E-state index in [1.165, 1.54) is 24.3 Å². The van der Waals surface area contributed by atoms with Crippen molar-refractivity contribution in [2.24, 2.45) is 0 Å². The molecule has 2 aromatic carbocycles. The fourth-order valence-electron chi connectivity index (χ4n) is 2.55. The van der Waals surface area contributed by atoms with E-state index in [0.717, 1.165) is 14.3 Å². The summed E-state index contributed by atoms with van der Waals surface area (Å²) in [6.45, 7) is 1.84. The van der Waals surface area contributed by atoms with Crippen LogP contribution in [0.5, 0.6) is 0 Å². The van der Waals surface area contributed by atoms with Gasteiger partial charge in [0.05, 0.1) is 16.3 Å². The number of nitrogens with zero attached hydrogens (tertiary/aromatic N) is 1. The van der Waals surface area contributed by atoms with Gasteiger partial charge >= 0.3 is 0 Å². The maximum absolute atomic E-state index is 12.5. The zero-order valence-electron chi connectivity index (χ0n) is 13.6. The second-order valence-electron chi connectivity index (χ2n) is 5.79. The van der Waals surface area contributed by atoms with Gasteiger partial charge in [-0.1, -0.05) is 15.9 Å². The molecule has 0 spiro atoms. The molecule has 0 aliphatic carbocycles. The van der Waals surface area contributed by atoms with E-state index in [0.29, 0.717) is 5.69 Å². The first-order valence-electron chi connectivity index (χ1n) is 7.55. The maximum atomic E-state index is 12.5. The predicted molar refractivity (Wildman–Crippen MR) is 102 cm³/mol. The third-order valence-corrected chi connectivity index (χ3v) is 7.85. The van der Waals surface area contributed by atoms with E-state index < -0.39 is 26.0 Å². The molecule has 138 valence electrons. The standard InChI is InChI=1S/C16H15BrN2O5S2/c1-11-10-12(2-7-15(11)17)18-26(23,24)14-5-3-13(4-6-14)19-16(20)8-9-25(19,21)22/h2-7,10,18H,8-9H2,1H3. The van der Waals surface area contributed by atoms with Crippen molar-refractivity contribution in [2.45, 2.75) is 18.2 Å². The molecule has 1 saturated heterocycles. The van der Waals surface area contributed by atoms with Crippen molar-refractivity contribution in [1.29, 1.82) is 0 Å². The van der Waals surface area contributed by atoms with Crippen molar-refractivity contribution in [3.8, 4) is 0 Å². The summed E-state index contributed by atoms with van der Waals surface area (Å²) in [7, 11) is -7.52. The van der Waals surface area contributed by atoms with Gasteiger partial charge in [0, 0.05) is 16.6 Å². The van der Waals surface area contributed by atoms with Crippen LogP contribution in [0.2, 0.25) is 0 Å². The summed E-state index contributed by atoms with van der Waals surface area (Å²) >= 11 is 3.35. The normalized spacial score (nSPS) is 16.7. The molecular formula is C16H15BrN2O5S2. The molecule has 0 unspecified atom stereocenters. The Morgan fingerprint density at radius 2 is 1.77 bits per heavy atom. The summed E-state index contributed by atoms with van der Waals surface area (Å²) in [5.41, 5.74) is 1.41. The molecular weight excluding hydrogens is 444 g/mol. The third-order valence-electron chi connectivity index (χ3n) is 3.87. The number of carbonyl (C=O) groups is 1. The number of aryl methyl sites for hydroxylation is 1. The molecule has 1 heterocycles. The fourth-order valence-corrected chi connectivity index (χ4v) is 5.31. The quantitative estimate of drug-likeness (QED) is 0.758. The zero-order valence-corrected chi connectivity index (χ0v) is 16.9. The number of benzene rings is 2. The van der Waals surface area contributed by atoms with Crippen LogP contribution in [0.4, 0.5) is 11.4 Å². The van der Waals surface area contributed by atoms with Crippen LogP contribution >= 0.6 is 15.9 Å². The molecule has 0 atom stereocenters. The molecule has 1 aliphatic rings. The Hall–Kier alpha value is -1.91. The number of halogens is 1. The van der Waals surface area contributed by atoms with Gasteiger partial charge in [-0.2, -0.15) is 0 Å². The Morgan fingerprint density at radius 1 is 1.12 bits per heavy atom. The lowest BCUT2D eigenvalue weighted by molar-refractivity contribution is -0.116.